The molecule has 0 saturated carbocycles. The van der Waals surface area contributed by atoms with Crippen LogP contribution in [0.5, 0.6) is 11.6 Å². The van der Waals surface area contributed by atoms with E-state index in [1.165, 1.54) is 0 Å². The summed E-state index contributed by atoms with van der Waals surface area (Å²) in [4.78, 5) is 4.17. The zero-order chi connectivity index (χ0) is 12.5. The SMILES string of the molecule is Nc1cc(Cl)ccc1Oc1nccn2nccc12. The van der Waals surface area contributed by atoms with Crippen molar-refractivity contribution >= 4 is 22.8 Å². The lowest BCUT2D eigenvalue weighted by molar-refractivity contribution is 0.468. The predicted molar refractivity (Wildman–Crippen MR) is 68.9 cm³/mol. The monoisotopic (exact) mass is 260 g/mol. The van der Waals surface area contributed by atoms with Gasteiger partial charge in [0.05, 0.1) is 11.9 Å². The molecule has 0 spiro atoms. The molecule has 6 heteroatoms. The molecule has 0 aliphatic rings. The Hall–Kier alpha value is -2.27. The summed E-state index contributed by atoms with van der Waals surface area (Å²) in [6, 6.07) is 6.87. The number of fused-ring (bicyclic) bond motifs is 1. The fourth-order valence-corrected chi connectivity index (χ4v) is 1.81. The minimum absolute atomic E-state index is 0.448. The van der Waals surface area contributed by atoms with Crippen LogP contribution < -0.4 is 10.5 Å². The molecule has 1 aromatic carbocycles. The number of nitrogens with zero attached hydrogens (tertiary/aromatic N) is 3. The van der Waals surface area contributed by atoms with Gasteiger partial charge >= 0.3 is 0 Å². The first-order valence-corrected chi connectivity index (χ1v) is 5.63. The Morgan fingerprint density at radius 1 is 1.22 bits per heavy atom. The highest BCUT2D eigenvalue weighted by Gasteiger charge is 2.08. The number of aromatic nitrogens is 3. The number of nitrogen functional groups attached to an aromatic ring is 1. The lowest BCUT2D eigenvalue weighted by atomic mass is 10.3. The third-order valence-electron chi connectivity index (χ3n) is 2.47. The largest absolute Gasteiger partial charge is 0.435 e. The van der Waals surface area contributed by atoms with Gasteiger partial charge in [-0.1, -0.05) is 11.6 Å². The van der Waals surface area contributed by atoms with Crippen LogP contribution in [0.3, 0.4) is 0 Å². The van der Waals surface area contributed by atoms with Crippen molar-refractivity contribution in [3.05, 3.63) is 47.9 Å². The van der Waals surface area contributed by atoms with Gasteiger partial charge in [0.1, 0.15) is 5.52 Å². The number of hydrogen-bond donors (Lipinski definition) is 1. The number of anilines is 1. The number of halogens is 1. The summed E-state index contributed by atoms with van der Waals surface area (Å²) in [6.07, 6.45) is 5.03. The lowest BCUT2D eigenvalue weighted by Gasteiger charge is -2.08. The fraction of sp³-hybridized carbons (Fsp3) is 0. The molecule has 0 saturated heterocycles. The molecule has 2 heterocycles. The molecule has 0 unspecified atom stereocenters. The van der Waals surface area contributed by atoms with Crippen LogP contribution in [0.1, 0.15) is 0 Å². The Morgan fingerprint density at radius 2 is 2.11 bits per heavy atom. The van der Waals surface area contributed by atoms with Crippen molar-refractivity contribution in [2.24, 2.45) is 0 Å². The molecule has 0 fully saturated rings. The fourth-order valence-electron chi connectivity index (χ4n) is 1.63. The predicted octanol–water partition coefficient (Wildman–Crippen LogP) is 2.76. The maximum absolute atomic E-state index is 5.83. The van der Waals surface area contributed by atoms with Crippen molar-refractivity contribution in [3.8, 4) is 11.6 Å². The van der Waals surface area contributed by atoms with Gasteiger partial charge in [-0.15, -0.1) is 0 Å². The minimum atomic E-state index is 0.448. The molecule has 0 amide bonds. The van der Waals surface area contributed by atoms with Crippen LogP contribution in [-0.4, -0.2) is 14.6 Å². The number of benzene rings is 1. The number of ether oxygens (including phenoxy) is 1. The average molecular weight is 261 g/mol. The maximum atomic E-state index is 5.83. The van der Waals surface area contributed by atoms with Gasteiger partial charge < -0.3 is 10.5 Å². The Morgan fingerprint density at radius 3 is 2.94 bits per heavy atom. The highest BCUT2D eigenvalue weighted by Crippen LogP contribution is 2.30. The van der Waals surface area contributed by atoms with E-state index in [4.69, 9.17) is 22.1 Å². The normalized spacial score (nSPS) is 10.7. The zero-order valence-electron chi connectivity index (χ0n) is 9.25. The zero-order valence-corrected chi connectivity index (χ0v) is 10.0. The molecule has 3 rings (SSSR count). The van der Waals surface area contributed by atoms with Gasteiger partial charge in [-0.3, -0.25) is 0 Å². The quantitative estimate of drug-likeness (QED) is 0.720. The Labute approximate surface area is 108 Å². The van der Waals surface area contributed by atoms with E-state index in [0.717, 1.165) is 5.52 Å². The summed E-state index contributed by atoms with van der Waals surface area (Å²) in [5.74, 6) is 0.963. The van der Waals surface area contributed by atoms with Crippen LogP contribution >= 0.6 is 11.6 Å². The highest BCUT2D eigenvalue weighted by molar-refractivity contribution is 6.30. The second-order valence-electron chi connectivity index (χ2n) is 3.68. The van der Waals surface area contributed by atoms with Crippen LogP contribution in [0.2, 0.25) is 5.02 Å². The van der Waals surface area contributed by atoms with E-state index in [1.54, 1.807) is 41.3 Å². The van der Waals surface area contributed by atoms with Gasteiger partial charge in [-0.05, 0) is 24.3 Å². The van der Waals surface area contributed by atoms with Crippen molar-refractivity contribution in [3.63, 3.8) is 0 Å². The van der Waals surface area contributed by atoms with E-state index in [9.17, 15) is 0 Å². The van der Waals surface area contributed by atoms with Gasteiger partial charge in [-0.25, -0.2) is 9.50 Å². The lowest BCUT2D eigenvalue weighted by Crippen LogP contribution is -1.96. The number of hydrogen-bond acceptors (Lipinski definition) is 4. The molecule has 90 valence electrons. The van der Waals surface area contributed by atoms with Gasteiger partial charge in [0, 0.05) is 17.4 Å². The molecule has 18 heavy (non-hydrogen) atoms. The summed E-state index contributed by atoms with van der Waals surface area (Å²) in [7, 11) is 0. The van der Waals surface area contributed by atoms with E-state index in [2.05, 4.69) is 10.1 Å². The van der Waals surface area contributed by atoms with Crippen molar-refractivity contribution in [2.45, 2.75) is 0 Å². The van der Waals surface area contributed by atoms with E-state index in [0.29, 0.717) is 22.3 Å². The third kappa shape index (κ3) is 1.84. The summed E-state index contributed by atoms with van der Waals surface area (Å²) in [5.41, 5.74) is 7.06. The van der Waals surface area contributed by atoms with Crippen molar-refractivity contribution in [1.82, 2.24) is 14.6 Å². The van der Waals surface area contributed by atoms with Gasteiger partial charge in [0.2, 0.25) is 5.88 Å². The molecule has 2 N–H and O–H groups in total. The standard InChI is InChI=1S/C12H9ClN4O/c13-8-1-2-11(9(14)7-8)18-12-10-3-4-16-17(10)6-5-15-12/h1-7H,14H2. The second-order valence-corrected chi connectivity index (χ2v) is 4.11. The maximum Gasteiger partial charge on any atom is 0.245 e. The smallest absolute Gasteiger partial charge is 0.245 e. The Kier molecular flexibility index (Phi) is 2.53. The first-order chi connectivity index (χ1) is 8.74. The Balaban J connectivity index is 2.03. The van der Waals surface area contributed by atoms with Crippen LogP contribution in [0, 0.1) is 0 Å². The van der Waals surface area contributed by atoms with Crippen LogP contribution in [0.15, 0.2) is 42.9 Å². The highest BCUT2D eigenvalue weighted by atomic mass is 35.5. The van der Waals surface area contributed by atoms with Crippen molar-refractivity contribution < 1.29 is 4.74 Å². The molecule has 0 bridgehead atoms. The molecule has 0 atom stereocenters. The molecule has 0 aliphatic heterocycles. The van der Waals surface area contributed by atoms with Crippen LogP contribution in [0.4, 0.5) is 5.69 Å². The topological polar surface area (TPSA) is 65.4 Å². The Bertz CT molecular complexity index is 710. The molecule has 0 radical (unpaired) electrons. The van der Waals surface area contributed by atoms with Crippen molar-refractivity contribution in [2.75, 3.05) is 5.73 Å². The molecule has 2 aromatic heterocycles. The second kappa shape index (κ2) is 4.19. The van der Waals surface area contributed by atoms with Gasteiger partial charge in [0.25, 0.3) is 0 Å². The van der Waals surface area contributed by atoms with E-state index in [1.807, 2.05) is 6.07 Å². The molecule has 0 aliphatic carbocycles. The molecular formula is C12H9ClN4O. The molecule has 5 nitrogen and oxygen atoms in total. The number of rotatable bonds is 2. The summed E-state index contributed by atoms with van der Waals surface area (Å²) >= 11 is 5.83. The van der Waals surface area contributed by atoms with Crippen molar-refractivity contribution in [1.29, 1.82) is 0 Å². The van der Waals surface area contributed by atoms with E-state index < -0.39 is 0 Å². The van der Waals surface area contributed by atoms with Crippen LogP contribution in [0.25, 0.3) is 5.52 Å². The third-order valence-corrected chi connectivity index (χ3v) is 2.70. The van der Waals surface area contributed by atoms with E-state index >= 15 is 0 Å². The first-order valence-electron chi connectivity index (χ1n) is 5.25. The minimum Gasteiger partial charge on any atom is -0.435 e. The number of nitrogens with two attached hydrogens (primary N) is 1. The van der Waals surface area contributed by atoms with Crippen LogP contribution in [-0.2, 0) is 0 Å². The molecular weight excluding hydrogens is 252 g/mol. The first kappa shape index (κ1) is 10.9. The molecule has 3 aromatic rings. The van der Waals surface area contributed by atoms with Gasteiger partial charge in [0.15, 0.2) is 5.75 Å². The van der Waals surface area contributed by atoms with Gasteiger partial charge in [-0.2, -0.15) is 5.10 Å². The van der Waals surface area contributed by atoms with E-state index in [-0.39, 0.29) is 0 Å². The average Bonchev–Trinajstić information content (AvgIpc) is 2.82. The summed E-state index contributed by atoms with van der Waals surface area (Å²) < 4.78 is 7.36. The summed E-state index contributed by atoms with van der Waals surface area (Å²) in [5, 5.41) is 4.67. The summed E-state index contributed by atoms with van der Waals surface area (Å²) in [6.45, 7) is 0.